The van der Waals surface area contributed by atoms with Crippen LogP contribution in [-0.2, 0) is 6.54 Å². The number of hydrogen-bond acceptors (Lipinski definition) is 4. The standard InChI is InChI=1S/C14H16F2N4O/c1-17-5-6-18-10-7-14(21)20(19-8-10)9-11-12(15)3-2-4-13(11)16/h2-4,7-8,17-18H,5-6,9H2,1H3. The number of anilines is 1. The molecule has 0 saturated heterocycles. The molecule has 0 spiro atoms. The molecule has 1 aromatic heterocycles. The van der Waals surface area contributed by atoms with E-state index in [2.05, 4.69) is 15.7 Å². The third-order valence-electron chi connectivity index (χ3n) is 2.94. The van der Waals surface area contributed by atoms with Crippen LogP contribution in [0.2, 0.25) is 0 Å². The Balaban J connectivity index is 2.16. The van der Waals surface area contributed by atoms with Crippen molar-refractivity contribution in [2.75, 3.05) is 25.5 Å². The molecule has 0 bridgehead atoms. The summed E-state index contributed by atoms with van der Waals surface area (Å²) in [7, 11) is 1.82. The Hall–Kier alpha value is -2.28. The molecule has 0 unspecified atom stereocenters. The lowest BCUT2D eigenvalue weighted by atomic mass is 10.2. The van der Waals surface area contributed by atoms with Crippen LogP contribution >= 0.6 is 0 Å². The maximum atomic E-state index is 13.6. The minimum absolute atomic E-state index is 0.178. The van der Waals surface area contributed by atoms with Crippen molar-refractivity contribution in [2.24, 2.45) is 0 Å². The molecule has 0 aliphatic carbocycles. The number of nitrogens with zero attached hydrogens (tertiary/aromatic N) is 2. The number of nitrogens with one attached hydrogen (secondary N) is 2. The number of hydrogen-bond donors (Lipinski definition) is 2. The predicted molar refractivity (Wildman–Crippen MR) is 76.4 cm³/mol. The second-order valence-electron chi connectivity index (χ2n) is 4.47. The molecule has 2 N–H and O–H groups in total. The van der Waals surface area contributed by atoms with Crippen LogP contribution in [0.5, 0.6) is 0 Å². The normalized spacial score (nSPS) is 10.6. The third-order valence-corrected chi connectivity index (χ3v) is 2.94. The van der Waals surface area contributed by atoms with Gasteiger partial charge in [0.25, 0.3) is 5.56 Å². The van der Waals surface area contributed by atoms with Crippen LogP contribution < -0.4 is 16.2 Å². The molecule has 112 valence electrons. The number of aromatic nitrogens is 2. The van der Waals surface area contributed by atoms with Crippen LogP contribution in [0.25, 0.3) is 0 Å². The molecule has 2 aromatic rings. The molecular weight excluding hydrogens is 278 g/mol. The Labute approximate surface area is 120 Å². The summed E-state index contributed by atoms with van der Waals surface area (Å²) >= 11 is 0. The fourth-order valence-electron chi connectivity index (χ4n) is 1.81. The Kier molecular flexibility index (Phi) is 4.99. The maximum absolute atomic E-state index is 13.6. The number of rotatable bonds is 6. The first-order chi connectivity index (χ1) is 10.1. The molecule has 0 radical (unpaired) electrons. The fraction of sp³-hybridized carbons (Fsp3) is 0.286. The topological polar surface area (TPSA) is 59.0 Å². The maximum Gasteiger partial charge on any atom is 0.269 e. The summed E-state index contributed by atoms with van der Waals surface area (Å²) in [5, 5.41) is 9.90. The van der Waals surface area contributed by atoms with Gasteiger partial charge in [-0.05, 0) is 19.2 Å². The number of likely N-dealkylation sites (N-methyl/N-ethyl adjacent to an activating group) is 1. The molecular formula is C14H16F2N4O. The Bertz CT molecular complexity index is 652. The third kappa shape index (κ3) is 3.85. The van der Waals surface area contributed by atoms with Crippen molar-refractivity contribution in [1.82, 2.24) is 15.1 Å². The first kappa shape index (κ1) is 15.1. The van der Waals surface area contributed by atoms with E-state index in [0.29, 0.717) is 12.2 Å². The minimum atomic E-state index is -0.695. The first-order valence-electron chi connectivity index (χ1n) is 6.50. The summed E-state index contributed by atoms with van der Waals surface area (Å²) < 4.78 is 28.1. The molecule has 1 heterocycles. The second-order valence-corrected chi connectivity index (χ2v) is 4.47. The summed E-state index contributed by atoms with van der Waals surface area (Å²) in [5.41, 5.74) is -0.0318. The van der Waals surface area contributed by atoms with E-state index in [-0.39, 0.29) is 12.1 Å². The van der Waals surface area contributed by atoms with Gasteiger partial charge in [-0.3, -0.25) is 4.79 Å². The molecule has 0 atom stereocenters. The molecule has 7 heteroatoms. The summed E-state index contributed by atoms with van der Waals surface area (Å²) in [5.74, 6) is -1.39. The molecule has 0 fully saturated rings. The lowest BCUT2D eigenvalue weighted by molar-refractivity contribution is 0.524. The average Bonchev–Trinajstić information content (AvgIpc) is 2.45. The van der Waals surface area contributed by atoms with Gasteiger partial charge < -0.3 is 10.6 Å². The Morgan fingerprint density at radius 3 is 2.57 bits per heavy atom. The van der Waals surface area contributed by atoms with Crippen LogP contribution in [-0.4, -0.2) is 29.9 Å². The molecule has 0 aliphatic heterocycles. The van der Waals surface area contributed by atoms with Gasteiger partial charge in [0, 0.05) is 24.7 Å². The zero-order valence-electron chi connectivity index (χ0n) is 11.6. The van der Waals surface area contributed by atoms with E-state index in [1.54, 1.807) is 0 Å². The summed E-state index contributed by atoms with van der Waals surface area (Å²) in [6.45, 7) is 1.14. The summed E-state index contributed by atoms with van der Waals surface area (Å²) in [6, 6.07) is 4.93. The van der Waals surface area contributed by atoms with Gasteiger partial charge in [0.15, 0.2) is 0 Å². The van der Waals surface area contributed by atoms with Crippen LogP contribution in [0.15, 0.2) is 35.3 Å². The number of benzene rings is 1. The van der Waals surface area contributed by atoms with E-state index in [9.17, 15) is 13.6 Å². The Morgan fingerprint density at radius 2 is 1.95 bits per heavy atom. The predicted octanol–water partition coefficient (Wildman–Crippen LogP) is 1.20. The van der Waals surface area contributed by atoms with Crippen LogP contribution in [0, 0.1) is 11.6 Å². The van der Waals surface area contributed by atoms with Gasteiger partial charge in [-0.2, -0.15) is 5.10 Å². The van der Waals surface area contributed by atoms with Crippen molar-refractivity contribution in [3.8, 4) is 0 Å². The molecule has 21 heavy (non-hydrogen) atoms. The summed E-state index contributed by atoms with van der Waals surface area (Å²) in [4.78, 5) is 11.9. The van der Waals surface area contributed by atoms with E-state index >= 15 is 0 Å². The van der Waals surface area contributed by atoms with Gasteiger partial charge in [0.1, 0.15) is 11.6 Å². The molecule has 0 amide bonds. The van der Waals surface area contributed by atoms with Crippen molar-refractivity contribution in [1.29, 1.82) is 0 Å². The van der Waals surface area contributed by atoms with Crippen LogP contribution in [0.1, 0.15) is 5.56 Å². The van der Waals surface area contributed by atoms with E-state index in [1.165, 1.54) is 18.3 Å². The van der Waals surface area contributed by atoms with Crippen molar-refractivity contribution in [3.63, 3.8) is 0 Å². The van der Waals surface area contributed by atoms with Gasteiger partial charge in [0.2, 0.25) is 0 Å². The molecule has 1 aromatic carbocycles. The lowest BCUT2D eigenvalue weighted by Gasteiger charge is -2.09. The molecule has 2 rings (SSSR count). The van der Waals surface area contributed by atoms with Crippen molar-refractivity contribution in [3.05, 3.63) is 58.0 Å². The van der Waals surface area contributed by atoms with E-state index in [4.69, 9.17) is 0 Å². The largest absolute Gasteiger partial charge is 0.382 e. The van der Waals surface area contributed by atoms with Crippen LogP contribution in [0.3, 0.4) is 0 Å². The zero-order chi connectivity index (χ0) is 15.2. The van der Waals surface area contributed by atoms with Gasteiger partial charge >= 0.3 is 0 Å². The zero-order valence-corrected chi connectivity index (χ0v) is 11.6. The van der Waals surface area contributed by atoms with Crippen molar-refractivity contribution >= 4 is 5.69 Å². The SMILES string of the molecule is CNCCNc1cnn(Cc2c(F)cccc2F)c(=O)c1. The minimum Gasteiger partial charge on any atom is -0.382 e. The van der Waals surface area contributed by atoms with Gasteiger partial charge in [-0.25, -0.2) is 13.5 Å². The second kappa shape index (κ2) is 6.94. The van der Waals surface area contributed by atoms with E-state index in [1.807, 2.05) is 7.05 Å². The van der Waals surface area contributed by atoms with Crippen molar-refractivity contribution in [2.45, 2.75) is 6.54 Å². The number of halogens is 2. The Morgan fingerprint density at radius 1 is 1.24 bits per heavy atom. The van der Waals surface area contributed by atoms with E-state index < -0.39 is 17.2 Å². The molecule has 0 aliphatic rings. The van der Waals surface area contributed by atoms with Crippen LogP contribution in [0.4, 0.5) is 14.5 Å². The van der Waals surface area contributed by atoms with Crippen molar-refractivity contribution < 1.29 is 8.78 Å². The average molecular weight is 294 g/mol. The first-order valence-corrected chi connectivity index (χ1v) is 6.50. The highest BCUT2D eigenvalue weighted by Crippen LogP contribution is 2.12. The highest BCUT2D eigenvalue weighted by Gasteiger charge is 2.10. The fourth-order valence-corrected chi connectivity index (χ4v) is 1.81. The molecule has 5 nitrogen and oxygen atoms in total. The highest BCUT2D eigenvalue weighted by molar-refractivity contribution is 5.38. The van der Waals surface area contributed by atoms with E-state index in [0.717, 1.165) is 23.4 Å². The summed E-state index contributed by atoms with van der Waals surface area (Å²) in [6.07, 6.45) is 1.45. The molecule has 0 saturated carbocycles. The highest BCUT2D eigenvalue weighted by atomic mass is 19.1. The van der Waals surface area contributed by atoms with Gasteiger partial charge in [0.05, 0.1) is 18.4 Å². The van der Waals surface area contributed by atoms with Gasteiger partial charge in [-0.15, -0.1) is 0 Å². The van der Waals surface area contributed by atoms with Gasteiger partial charge in [-0.1, -0.05) is 6.07 Å². The smallest absolute Gasteiger partial charge is 0.269 e. The monoisotopic (exact) mass is 294 g/mol. The lowest BCUT2D eigenvalue weighted by Crippen LogP contribution is -2.25. The quantitative estimate of drug-likeness (QED) is 0.786.